The third-order valence-electron chi connectivity index (χ3n) is 9.49. The highest BCUT2D eigenvalue weighted by atomic mass is 79.9. The molecule has 0 amide bonds. The third kappa shape index (κ3) is 4.30. The summed E-state index contributed by atoms with van der Waals surface area (Å²) < 4.78 is 3.24. The van der Waals surface area contributed by atoms with E-state index in [1.54, 1.807) is 0 Å². The van der Waals surface area contributed by atoms with Gasteiger partial charge in [0.15, 0.2) is 0 Å². The molecule has 8 aromatic rings. The summed E-state index contributed by atoms with van der Waals surface area (Å²) in [6.07, 6.45) is 3.70. The first-order chi connectivity index (χ1) is 23.0. The number of hydrogen-bond acceptors (Lipinski definition) is 3. The molecule has 0 N–H and O–H groups in total. The second-order valence-electron chi connectivity index (χ2n) is 12.6. The Kier molecular flexibility index (Phi) is 6.28. The first-order valence-electron chi connectivity index (χ1n) is 15.8. The van der Waals surface area contributed by atoms with Crippen LogP contribution >= 0.6 is 15.9 Å². The maximum atomic E-state index is 5.62. The van der Waals surface area contributed by atoms with Gasteiger partial charge in [0.25, 0.3) is 0 Å². The smallest absolute Gasteiger partial charge is 0.0989 e. The van der Waals surface area contributed by atoms with E-state index in [1.165, 1.54) is 22.1 Å². The Bertz CT molecular complexity index is 2500. The largest absolute Gasteiger partial charge is 0.309 e. The summed E-state index contributed by atoms with van der Waals surface area (Å²) in [6, 6.07) is 45.1. The number of aromatic nitrogens is 4. The molecule has 47 heavy (non-hydrogen) atoms. The highest BCUT2D eigenvalue weighted by Gasteiger charge is 2.39. The minimum atomic E-state index is -0.332. The molecule has 1 aliphatic carbocycles. The third-order valence-corrected chi connectivity index (χ3v) is 9.92. The molecule has 0 fully saturated rings. The van der Waals surface area contributed by atoms with Crippen molar-refractivity contribution in [1.82, 2.24) is 19.5 Å². The second-order valence-corrected chi connectivity index (χ2v) is 13.6. The van der Waals surface area contributed by atoms with Crippen LogP contribution in [-0.2, 0) is 5.41 Å². The van der Waals surface area contributed by atoms with Crippen molar-refractivity contribution in [2.24, 2.45) is 0 Å². The van der Waals surface area contributed by atoms with Crippen LogP contribution in [0.4, 0.5) is 0 Å². The van der Waals surface area contributed by atoms with Crippen LogP contribution in [0.5, 0.6) is 0 Å². The van der Waals surface area contributed by atoms with Crippen LogP contribution in [0, 0.1) is 0 Å². The van der Waals surface area contributed by atoms with E-state index in [2.05, 4.69) is 167 Å². The number of halogens is 1. The molecule has 224 valence electrons. The number of benzene rings is 5. The molecule has 1 aliphatic rings. The Labute approximate surface area is 281 Å². The van der Waals surface area contributed by atoms with Gasteiger partial charge in [0.05, 0.1) is 33.8 Å². The Hall–Kier alpha value is -5.39. The topological polar surface area (TPSA) is 43.6 Å². The first-order valence-corrected chi connectivity index (χ1v) is 16.6. The predicted molar refractivity (Wildman–Crippen MR) is 196 cm³/mol. The van der Waals surface area contributed by atoms with Crippen molar-refractivity contribution in [2.45, 2.75) is 19.3 Å². The van der Waals surface area contributed by atoms with Crippen LogP contribution in [0.25, 0.3) is 72.4 Å². The van der Waals surface area contributed by atoms with Crippen molar-refractivity contribution < 1.29 is 0 Å². The van der Waals surface area contributed by atoms with Crippen LogP contribution < -0.4 is 0 Å². The molecule has 0 radical (unpaired) electrons. The molecule has 0 aliphatic heterocycles. The number of fused-ring (bicyclic) bond motifs is 6. The average molecular weight is 670 g/mol. The Morgan fingerprint density at radius 2 is 1.32 bits per heavy atom. The van der Waals surface area contributed by atoms with Crippen LogP contribution in [0.3, 0.4) is 0 Å². The van der Waals surface area contributed by atoms with Gasteiger partial charge >= 0.3 is 0 Å². The van der Waals surface area contributed by atoms with Gasteiger partial charge in [-0.15, -0.1) is 0 Å². The Balaban J connectivity index is 1.36. The molecule has 5 aromatic carbocycles. The molecule has 0 bridgehead atoms. The van der Waals surface area contributed by atoms with Gasteiger partial charge in [-0.05, 0) is 69.0 Å². The van der Waals surface area contributed by atoms with Crippen molar-refractivity contribution in [3.05, 3.63) is 156 Å². The first kappa shape index (κ1) is 27.9. The fraction of sp³-hybridized carbons (Fsp3) is 0.0714. The highest BCUT2D eigenvalue weighted by Crippen LogP contribution is 2.50. The summed E-state index contributed by atoms with van der Waals surface area (Å²) >= 11 is 3.67. The highest BCUT2D eigenvalue weighted by molar-refractivity contribution is 9.10. The minimum absolute atomic E-state index is 0.332. The molecule has 5 heteroatoms. The minimum Gasteiger partial charge on any atom is -0.309 e. The zero-order valence-corrected chi connectivity index (χ0v) is 27.5. The van der Waals surface area contributed by atoms with Gasteiger partial charge in [0.1, 0.15) is 0 Å². The fourth-order valence-corrected chi connectivity index (χ4v) is 7.65. The SMILES string of the molecule is CC1(C)c2ccc(-c3ccccc3)cc2-c2nc(-c3cncc(Br)c3)c(-c3cccc4c3c3ccccc3n4-c3ccccc3)nc21. The molecule has 0 unspecified atom stereocenters. The van der Waals surface area contributed by atoms with Crippen LogP contribution in [0.15, 0.2) is 144 Å². The quantitative estimate of drug-likeness (QED) is 0.187. The number of para-hydroxylation sites is 2. The van der Waals surface area contributed by atoms with Gasteiger partial charge in [-0.1, -0.05) is 105 Å². The van der Waals surface area contributed by atoms with E-state index in [0.29, 0.717) is 0 Å². The predicted octanol–water partition coefficient (Wildman–Crippen LogP) is 11.0. The van der Waals surface area contributed by atoms with E-state index in [4.69, 9.17) is 9.97 Å². The van der Waals surface area contributed by atoms with Gasteiger partial charge in [0.2, 0.25) is 0 Å². The lowest BCUT2D eigenvalue weighted by molar-refractivity contribution is 0.636. The average Bonchev–Trinajstić information content (AvgIpc) is 3.57. The summed E-state index contributed by atoms with van der Waals surface area (Å²) in [5.41, 5.74) is 13.4. The lowest BCUT2D eigenvalue weighted by Gasteiger charge is -2.21. The van der Waals surface area contributed by atoms with E-state index < -0.39 is 0 Å². The van der Waals surface area contributed by atoms with E-state index in [9.17, 15) is 0 Å². The Morgan fingerprint density at radius 3 is 2.13 bits per heavy atom. The second kappa shape index (κ2) is 10.6. The fourth-order valence-electron chi connectivity index (χ4n) is 7.28. The molecule has 0 spiro atoms. The molecule has 0 saturated carbocycles. The number of nitrogens with zero attached hydrogens (tertiary/aromatic N) is 4. The van der Waals surface area contributed by atoms with Gasteiger partial charge in [0, 0.05) is 55.4 Å². The van der Waals surface area contributed by atoms with Gasteiger partial charge < -0.3 is 4.57 Å². The summed E-state index contributed by atoms with van der Waals surface area (Å²) in [4.78, 5) is 15.7. The van der Waals surface area contributed by atoms with E-state index in [1.807, 2.05) is 12.4 Å². The summed E-state index contributed by atoms with van der Waals surface area (Å²) in [5, 5.41) is 2.34. The molecule has 3 heterocycles. The summed E-state index contributed by atoms with van der Waals surface area (Å²) in [6.45, 7) is 4.53. The molecule has 0 saturated heterocycles. The molecular formula is C42H29BrN4. The Morgan fingerprint density at radius 1 is 0.574 bits per heavy atom. The molecule has 4 nitrogen and oxygen atoms in total. The van der Waals surface area contributed by atoms with E-state index >= 15 is 0 Å². The zero-order chi connectivity index (χ0) is 31.7. The monoisotopic (exact) mass is 668 g/mol. The molecule has 0 atom stereocenters. The maximum Gasteiger partial charge on any atom is 0.0989 e. The van der Waals surface area contributed by atoms with Crippen LogP contribution in [0.1, 0.15) is 25.1 Å². The lowest BCUT2D eigenvalue weighted by Crippen LogP contribution is -2.17. The van der Waals surface area contributed by atoms with Gasteiger partial charge in [-0.3, -0.25) is 4.98 Å². The molecule has 3 aromatic heterocycles. The number of pyridine rings is 1. The summed E-state index contributed by atoms with van der Waals surface area (Å²) in [7, 11) is 0. The van der Waals surface area contributed by atoms with Crippen LogP contribution in [-0.4, -0.2) is 19.5 Å². The van der Waals surface area contributed by atoms with E-state index in [-0.39, 0.29) is 5.41 Å². The number of rotatable bonds is 4. The maximum absolute atomic E-state index is 5.62. The van der Waals surface area contributed by atoms with Gasteiger partial charge in [-0.25, -0.2) is 9.97 Å². The van der Waals surface area contributed by atoms with Crippen molar-refractivity contribution in [3.8, 4) is 50.6 Å². The van der Waals surface area contributed by atoms with Crippen LogP contribution in [0.2, 0.25) is 0 Å². The standard InChI is InChI=1S/C42H29BrN4/c1-42(2)34-21-20-27(26-12-5-3-6-13-26)23-33(34)40-41(42)46-39(38(45-40)28-22-29(43)25-44-24-28)32-17-11-19-36-37(32)31-16-9-10-18-35(31)47(36)30-14-7-4-8-15-30/h3-25H,1-2H3. The van der Waals surface area contributed by atoms with Crippen molar-refractivity contribution in [3.63, 3.8) is 0 Å². The zero-order valence-electron chi connectivity index (χ0n) is 25.9. The lowest BCUT2D eigenvalue weighted by atomic mass is 9.84. The van der Waals surface area contributed by atoms with E-state index in [0.717, 1.165) is 66.0 Å². The summed E-state index contributed by atoms with van der Waals surface area (Å²) in [5.74, 6) is 0. The molecular weight excluding hydrogens is 640 g/mol. The number of hydrogen-bond donors (Lipinski definition) is 0. The van der Waals surface area contributed by atoms with Crippen molar-refractivity contribution >= 4 is 37.7 Å². The normalized spacial score (nSPS) is 13.2. The van der Waals surface area contributed by atoms with Gasteiger partial charge in [-0.2, -0.15) is 0 Å². The van der Waals surface area contributed by atoms with Crippen molar-refractivity contribution in [1.29, 1.82) is 0 Å². The molecule has 9 rings (SSSR count). The van der Waals surface area contributed by atoms with Crippen molar-refractivity contribution in [2.75, 3.05) is 0 Å².